The van der Waals surface area contributed by atoms with Gasteiger partial charge in [-0.15, -0.1) is 0 Å². The lowest BCUT2D eigenvalue weighted by atomic mass is 9.89. The van der Waals surface area contributed by atoms with Crippen LogP contribution in [0.4, 0.5) is 0 Å². The zero-order valence-corrected chi connectivity index (χ0v) is 32.9. The summed E-state index contributed by atoms with van der Waals surface area (Å²) in [5, 5.41) is 41.5. The number of aryl methyl sites for hydroxylation is 1. The number of pyridine rings is 1. The summed E-state index contributed by atoms with van der Waals surface area (Å²) in [5.74, 6) is -0.434. The topological polar surface area (TPSA) is 148 Å². The molecule has 0 spiro atoms. The van der Waals surface area contributed by atoms with Gasteiger partial charge in [0.05, 0.1) is 23.8 Å². The van der Waals surface area contributed by atoms with Crippen LogP contribution in [0.5, 0.6) is 11.5 Å². The first-order valence-electron chi connectivity index (χ1n) is 18.6. The first kappa shape index (κ1) is 40.4. The normalized spacial score (nSPS) is 14.6. The lowest BCUT2D eigenvalue weighted by Crippen LogP contribution is -2.52. The van der Waals surface area contributed by atoms with E-state index < -0.39 is 18.1 Å². The zero-order chi connectivity index (χ0) is 40.0. The van der Waals surface area contributed by atoms with E-state index in [2.05, 4.69) is 84.6 Å². The molecule has 0 bridgehead atoms. The van der Waals surface area contributed by atoms with Crippen LogP contribution in [0.3, 0.4) is 0 Å². The van der Waals surface area contributed by atoms with Gasteiger partial charge in [0.2, 0.25) is 0 Å². The highest BCUT2D eigenvalue weighted by molar-refractivity contribution is 6.32. The van der Waals surface area contributed by atoms with Crippen molar-refractivity contribution >= 4 is 17.6 Å². The molecule has 2 unspecified atom stereocenters. The molecule has 0 aliphatic heterocycles. The number of hydrogen-bond acceptors (Lipinski definition) is 9. The number of hydrogen-bond donors (Lipinski definition) is 4. The molecule has 11 heteroatoms. The van der Waals surface area contributed by atoms with E-state index in [9.17, 15) is 25.4 Å². The standard InChI is InChI=1S/C45H47ClN4O6/c1-28-34(7-5-9-37(28)38-10-6-8-36(29(38)2)32-11-13-39-33(18-32)12-14-41(39)50(4)15-16-51)26-56-43-20-42(55-25-31-17-30(21-47)22-48-23-31)35(19-40(43)46)24-49-45(3,27-52)44(53)54/h5-11,13,17-20,22-23,41,49,51-52H,12,14-16,24-27H2,1-4H3,(H,53,54). The quantitative estimate of drug-likeness (QED) is 0.0792. The Morgan fingerprint density at radius 3 is 2.43 bits per heavy atom. The van der Waals surface area contributed by atoms with Crippen LogP contribution in [0.1, 0.15) is 63.9 Å². The summed E-state index contributed by atoms with van der Waals surface area (Å²) in [5.41, 5.74) is 10.6. The number of nitrogens with one attached hydrogen (secondary N) is 1. The second-order valence-corrected chi connectivity index (χ2v) is 15.0. The molecular weight excluding hydrogens is 728 g/mol. The minimum absolute atomic E-state index is 0.0305. The van der Waals surface area contributed by atoms with Gasteiger partial charge in [0.15, 0.2) is 0 Å². The monoisotopic (exact) mass is 774 g/mol. The summed E-state index contributed by atoms with van der Waals surface area (Å²) in [6.45, 7) is 6.17. The number of nitrogens with zero attached hydrogens (tertiary/aromatic N) is 3. The molecule has 0 saturated carbocycles. The Kier molecular flexibility index (Phi) is 12.7. The second kappa shape index (κ2) is 17.7. The van der Waals surface area contributed by atoms with Crippen molar-refractivity contribution in [3.63, 3.8) is 0 Å². The molecule has 1 aliphatic carbocycles. The van der Waals surface area contributed by atoms with Crippen LogP contribution in [-0.2, 0) is 31.0 Å². The molecule has 4 aromatic carbocycles. The van der Waals surface area contributed by atoms with Gasteiger partial charge in [-0.25, -0.2) is 0 Å². The number of aliphatic hydroxyl groups excluding tert-OH is 2. The Bertz CT molecular complexity index is 2270. The molecule has 1 heterocycles. The van der Waals surface area contributed by atoms with Crippen molar-refractivity contribution in [3.8, 4) is 39.8 Å². The van der Waals surface area contributed by atoms with Gasteiger partial charge < -0.3 is 24.8 Å². The lowest BCUT2D eigenvalue weighted by molar-refractivity contribution is -0.145. The maximum absolute atomic E-state index is 11.9. The minimum Gasteiger partial charge on any atom is -0.488 e. The summed E-state index contributed by atoms with van der Waals surface area (Å²) < 4.78 is 12.5. The number of aliphatic hydroxyl groups is 2. The maximum atomic E-state index is 11.9. The summed E-state index contributed by atoms with van der Waals surface area (Å²) >= 11 is 6.77. The Balaban J connectivity index is 1.24. The van der Waals surface area contributed by atoms with Crippen LogP contribution >= 0.6 is 11.6 Å². The van der Waals surface area contributed by atoms with E-state index in [1.165, 1.54) is 40.9 Å². The average molecular weight is 775 g/mol. The summed E-state index contributed by atoms with van der Waals surface area (Å²) in [6, 6.07) is 26.8. The fourth-order valence-corrected chi connectivity index (χ4v) is 7.54. The molecule has 1 aliphatic rings. The third-order valence-corrected chi connectivity index (χ3v) is 11.1. The largest absolute Gasteiger partial charge is 0.488 e. The van der Waals surface area contributed by atoms with Gasteiger partial charge >= 0.3 is 5.97 Å². The van der Waals surface area contributed by atoms with Gasteiger partial charge in [-0.3, -0.25) is 20.0 Å². The summed E-state index contributed by atoms with van der Waals surface area (Å²) in [6.07, 6.45) is 5.14. The van der Waals surface area contributed by atoms with Gasteiger partial charge in [0.1, 0.15) is 36.3 Å². The van der Waals surface area contributed by atoms with Gasteiger partial charge in [-0.1, -0.05) is 66.2 Å². The van der Waals surface area contributed by atoms with Gasteiger partial charge in [-0.05, 0) is 103 Å². The van der Waals surface area contributed by atoms with E-state index in [1.54, 1.807) is 24.4 Å². The average Bonchev–Trinajstić information content (AvgIpc) is 3.63. The van der Waals surface area contributed by atoms with E-state index >= 15 is 0 Å². The second-order valence-electron chi connectivity index (χ2n) is 14.6. The Labute approximate surface area is 332 Å². The molecule has 0 fully saturated rings. The number of benzene rings is 4. The summed E-state index contributed by atoms with van der Waals surface area (Å²) in [4.78, 5) is 18.2. The summed E-state index contributed by atoms with van der Waals surface area (Å²) in [7, 11) is 2.08. The molecule has 0 amide bonds. The molecule has 4 N–H and O–H groups in total. The van der Waals surface area contributed by atoms with Gasteiger partial charge in [-0.2, -0.15) is 5.26 Å². The molecule has 0 saturated heterocycles. The van der Waals surface area contributed by atoms with Crippen molar-refractivity contribution in [1.82, 2.24) is 15.2 Å². The van der Waals surface area contributed by atoms with Gasteiger partial charge in [0, 0.05) is 48.7 Å². The van der Waals surface area contributed by atoms with E-state index in [4.69, 9.17) is 21.1 Å². The number of likely N-dealkylation sites (N-methyl/N-ethyl adjacent to an activating group) is 1. The van der Waals surface area contributed by atoms with Crippen LogP contribution in [0.2, 0.25) is 5.02 Å². The maximum Gasteiger partial charge on any atom is 0.326 e. The minimum atomic E-state index is -1.59. The third kappa shape index (κ3) is 8.73. The smallest absolute Gasteiger partial charge is 0.326 e. The molecule has 290 valence electrons. The van der Waals surface area contributed by atoms with Crippen LogP contribution in [0, 0.1) is 25.2 Å². The highest BCUT2D eigenvalue weighted by atomic mass is 35.5. The number of aromatic nitrogens is 1. The molecule has 2 atom stereocenters. The number of rotatable bonds is 16. The van der Waals surface area contributed by atoms with Crippen molar-refractivity contribution in [2.45, 2.75) is 65.0 Å². The van der Waals surface area contributed by atoms with Crippen molar-refractivity contribution in [1.29, 1.82) is 5.26 Å². The number of fused-ring (bicyclic) bond motifs is 1. The number of nitriles is 1. The van der Waals surface area contributed by atoms with Crippen LogP contribution < -0.4 is 14.8 Å². The fourth-order valence-electron chi connectivity index (χ4n) is 7.30. The Morgan fingerprint density at radius 2 is 1.70 bits per heavy atom. The third-order valence-electron chi connectivity index (χ3n) is 10.8. The van der Waals surface area contributed by atoms with E-state index in [1.807, 2.05) is 12.1 Å². The van der Waals surface area contributed by atoms with Crippen LogP contribution in [-0.4, -0.2) is 63.5 Å². The van der Waals surface area contributed by atoms with Crippen molar-refractivity contribution in [2.24, 2.45) is 0 Å². The van der Waals surface area contributed by atoms with Crippen molar-refractivity contribution in [3.05, 3.63) is 135 Å². The molecule has 5 aromatic rings. The van der Waals surface area contributed by atoms with E-state index in [0.717, 1.165) is 35.1 Å². The predicted octanol–water partition coefficient (Wildman–Crippen LogP) is 7.55. The zero-order valence-electron chi connectivity index (χ0n) is 32.1. The number of carboxylic acids is 1. The SMILES string of the molecule is Cc1c(COc2cc(OCc3cncc(C#N)c3)c(CNC(C)(CO)C(=O)O)cc2Cl)cccc1-c1cccc(-c2ccc3c(c2)CCC3N(C)CCO)c1C. The number of carbonyl (C=O) groups is 1. The Morgan fingerprint density at radius 1 is 0.964 bits per heavy atom. The first-order chi connectivity index (χ1) is 27.0. The fraction of sp³-hybridized carbons (Fsp3) is 0.311. The highest BCUT2D eigenvalue weighted by Gasteiger charge is 2.32. The number of halogens is 1. The van der Waals surface area contributed by atoms with Crippen molar-refractivity contribution < 1.29 is 29.6 Å². The first-order valence-corrected chi connectivity index (χ1v) is 19.0. The molecule has 0 radical (unpaired) electrons. The van der Waals surface area contributed by atoms with E-state index in [-0.39, 0.29) is 26.4 Å². The van der Waals surface area contributed by atoms with Crippen LogP contribution in [0.15, 0.2) is 85.2 Å². The highest BCUT2D eigenvalue weighted by Crippen LogP contribution is 2.40. The lowest BCUT2D eigenvalue weighted by Gasteiger charge is -2.25. The molecule has 1 aromatic heterocycles. The van der Waals surface area contributed by atoms with Crippen LogP contribution in [0.25, 0.3) is 22.3 Å². The molecular formula is C45H47ClN4O6. The predicted molar refractivity (Wildman–Crippen MR) is 217 cm³/mol. The molecule has 6 rings (SSSR count). The van der Waals surface area contributed by atoms with E-state index in [0.29, 0.717) is 45.8 Å². The molecule has 56 heavy (non-hydrogen) atoms. The Hall–Kier alpha value is -5.28. The molecule has 10 nitrogen and oxygen atoms in total. The number of carboxylic acid groups (broad SMARTS) is 1. The number of ether oxygens (including phenoxy) is 2. The van der Waals surface area contributed by atoms with Gasteiger partial charge in [0.25, 0.3) is 0 Å². The van der Waals surface area contributed by atoms with Crippen molar-refractivity contribution in [2.75, 3.05) is 26.8 Å². The number of aliphatic carboxylic acids is 1.